The summed E-state index contributed by atoms with van der Waals surface area (Å²) in [7, 11) is 3.32. The van der Waals surface area contributed by atoms with E-state index in [-0.39, 0.29) is 10.6 Å². The summed E-state index contributed by atoms with van der Waals surface area (Å²) >= 11 is 0. The molecule has 0 N–H and O–H groups in total. The van der Waals surface area contributed by atoms with Crippen molar-refractivity contribution in [2.24, 2.45) is 7.05 Å². The Bertz CT molecular complexity index is 768. The molecule has 0 saturated carbocycles. The molecule has 1 saturated heterocycles. The highest BCUT2D eigenvalue weighted by Crippen LogP contribution is 2.32. The van der Waals surface area contributed by atoms with Gasteiger partial charge in [0.05, 0.1) is 12.0 Å². The number of rotatable bonds is 5. The van der Waals surface area contributed by atoms with Crippen LogP contribution in [-0.2, 0) is 13.5 Å². The number of piperazine rings is 1. The predicted molar refractivity (Wildman–Crippen MR) is 92.3 cm³/mol. The van der Waals surface area contributed by atoms with E-state index in [1.54, 1.807) is 31.1 Å². The molecule has 3 rings (SSSR count). The Morgan fingerprint density at radius 1 is 1.28 bits per heavy atom. The molecule has 1 aliphatic rings. The maximum absolute atomic E-state index is 11.5. The average molecular weight is 347 g/mol. The van der Waals surface area contributed by atoms with Gasteiger partial charge in [0, 0.05) is 45.5 Å². The van der Waals surface area contributed by atoms with E-state index in [1.165, 1.54) is 0 Å². The Kier molecular flexibility index (Phi) is 4.68. The molecule has 10 nitrogen and oxygen atoms in total. The van der Waals surface area contributed by atoms with Gasteiger partial charge in [0.25, 0.3) is 0 Å². The van der Waals surface area contributed by atoms with Crippen molar-refractivity contribution in [1.29, 1.82) is 0 Å². The fourth-order valence-corrected chi connectivity index (χ4v) is 3.05. The summed E-state index contributed by atoms with van der Waals surface area (Å²) in [5.74, 6) is 1.68. The van der Waals surface area contributed by atoms with E-state index in [0.29, 0.717) is 55.9 Å². The van der Waals surface area contributed by atoms with Crippen molar-refractivity contribution in [1.82, 2.24) is 19.7 Å². The second-order valence-corrected chi connectivity index (χ2v) is 5.73. The minimum Gasteiger partial charge on any atom is -0.481 e. The van der Waals surface area contributed by atoms with E-state index in [9.17, 15) is 10.1 Å². The zero-order chi connectivity index (χ0) is 18.0. The highest BCUT2D eigenvalue weighted by Gasteiger charge is 2.31. The molecule has 134 valence electrons. The zero-order valence-corrected chi connectivity index (χ0v) is 14.5. The van der Waals surface area contributed by atoms with E-state index in [1.807, 2.05) is 16.7 Å². The topological polar surface area (TPSA) is 102 Å². The van der Waals surface area contributed by atoms with Crippen molar-refractivity contribution in [2.75, 3.05) is 43.1 Å². The first-order valence-corrected chi connectivity index (χ1v) is 8.12. The number of nitro groups is 1. The molecule has 0 aliphatic carbocycles. The first kappa shape index (κ1) is 16.9. The highest BCUT2D eigenvalue weighted by molar-refractivity contribution is 5.62. The van der Waals surface area contributed by atoms with Crippen LogP contribution in [0.1, 0.15) is 12.6 Å². The molecule has 0 amide bonds. The van der Waals surface area contributed by atoms with Crippen LogP contribution in [0.15, 0.2) is 12.3 Å². The molecule has 25 heavy (non-hydrogen) atoms. The molecule has 0 aromatic carbocycles. The van der Waals surface area contributed by atoms with Crippen molar-refractivity contribution < 1.29 is 9.66 Å². The molecule has 0 radical (unpaired) electrons. The van der Waals surface area contributed by atoms with Crippen LogP contribution < -0.4 is 14.5 Å². The fourth-order valence-electron chi connectivity index (χ4n) is 3.05. The van der Waals surface area contributed by atoms with Crippen LogP contribution in [0.25, 0.3) is 0 Å². The van der Waals surface area contributed by atoms with Gasteiger partial charge in [-0.1, -0.05) is 6.92 Å². The maximum Gasteiger partial charge on any atom is 0.334 e. The van der Waals surface area contributed by atoms with Crippen LogP contribution in [-0.4, -0.2) is 58.0 Å². The van der Waals surface area contributed by atoms with Crippen molar-refractivity contribution in [2.45, 2.75) is 13.3 Å². The summed E-state index contributed by atoms with van der Waals surface area (Å²) < 4.78 is 6.74. The SMILES string of the molecule is CCc1nn(C)c(N2CCN(c3nccc(OC)n3)CC2)c1[N+](=O)[O-]. The monoisotopic (exact) mass is 347 g/mol. The third-order valence-electron chi connectivity index (χ3n) is 4.27. The molecule has 2 aromatic rings. The van der Waals surface area contributed by atoms with Gasteiger partial charge in [-0.15, -0.1) is 0 Å². The van der Waals surface area contributed by atoms with Crippen molar-refractivity contribution >= 4 is 17.5 Å². The number of nitrogens with zero attached hydrogens (tertiary/aromatic N) is 7. The molecule has 0 unspecified atom stereocenters. The molecule has 0 spiro atoms. The number of aromatic nitrogens is 4. The van der Waals surface area contributed by atoms with Crippen molar-refractivity contribution in [3.05, 3.63) is 28.1 Å². The first-order valence-electron chi connectivity index (χ1n) is 8.12. The number of methoxy groups -OCH3 is 1. The fraction of sp³-hybridized carbons (Fsp3) is 0.533. The van der Waals surface area contributed by atoms with E-state index < -0.39 is 0 Å². The van der Waals surface area contributed by atoms with Gasteiger partial charge in [0.15, 0.2) is 0 Å². The Hall–Kier alpha value is -2.91. The quantitative estimate of drug-likeness (QED) is 0.583. The molecule has 10 heteroatoms. The van der Waals surface area contributed by atoms with Crippen molar-refractivity contribution in [3.63, 3.8) is 0 Å². The van der Waals surface area contributed by atoms with Gasteiger partial charge < -0.3 is 14.5 Å². The molecule has 1 aliphatic heterocycles. The lowest BCUT2D eigenvalue weighted by Gasteiger charge is -2.35. The second-order valence-electron chi connectivity index (χ2n) is 5.73. The Morgan fingerprint density at radius 3 is 2.56 bits per heavy atom. The number of hydrogen-bond acceptors (Lipinski definition) is 8. The lowest BCUT2D eigenvalue weighted by atomic mass is 10.2. The van der Waals surface area contributed by atoms with Crippen LogP contribution in [0.2, 0.25) is 0 Å². The third kappa shape index (κ3) is 3.19. The summed E-state index contributed by atoms with van der Waals surface area (Å²) in [4.78, 5) is 23.8. The maximum atomic E-state index is 11.5. The molecule has 1 fully saturated rings. The molecule has 0 atom stereocenters. The lowest BCUT2D eigenvalue weighted by molar-refractivity contribution is -0.384. The Morgan fingerprint density at radius 2 is 1.96 bits per heavy atom. The second kappa shape index (κ2) is 6.91. The van der Waals surface area contributed by atoms with Gasteiger partial charge in [0.2, 0.25) is 17.6 Å². The van der Waals surface area contributed by atoms with Crippen LogP contribution in [0, 0.1) is 10.1 Å². The first-order chi connectivity index (χ1) is 12.0. The summed E-state index contributed by atoms with van der Waals surface area (Å²) in [6, 6.07) is 1.70. The number of hydrogen-bond donors (Lipinski definition) is 0. The van der Waals surface area contributed by atoms with E-state index in [4.69, 9.17) is 4.74 Å². The molecule has 3 heterocycles. The standard InChI is InChI=1S/C15H21N7O3/c1-4-11-13(22(23)24)14(19(2)18-11)20-7-9-21(10-8-20)15-16-6-5-12(17-15)25-3/h5-6H,4,7-10H2,1-3H3. The van der Waals surface area contributed by atoms with Crippen LogP contribution in [0.4, 0.5) is 17.5 Å². The molecule has 0 bridgehead atoms. The number of aryl methyl sites for hydroxylation is 2. The minimum atomic E-state index is -0.335. The predicted octanol–water partition coefficient (Wildman–Crippen LogP) is 1.02. The largest absolute Gasteiger partial charge is 0.481 e. The summed E-state index contributed by atoms with van der Waals surface area (Å²) in [5.41, 5.74) is 0.622. The number of anilines is 2. The minimum absolute atomic E-state index is 0.107. The van der Waals surface area contributed by atoms with E-state index in [2.05, 4.69) is 15.1 Å². The van der Waals surface area contributed by atoms with E-state index in [0.717, 1.165) is 0 Å². The summed E-state index contributed by atoms with van der Waals surface area (Å²) in [5, 5.41) is 15.8. The molecular formula is C15H21N7O3. The van der Waals surface area contributed by atoms with Gasteiger partial charge >= 0.3 is 5.69 Å². The molecule has 2 aromatic heterocycles. The van der Waals surface area contributed by atoms with Crippen molar-refractivity contribution in [3.8, 4) is 5.88 Å². The zero-order valence-electron chi connectivity index (χ0n) is 14.5. The van der Waals surface area contributed by atoms with Crippen LogP contribution in [0.5, 0.6) is 5.88 Å². The van der Waals surface area contributed by atoms with Gasteiger partial charge in [-0.05, 0) is 6.42 Å². The molecular weight excluding hydrogens is 326 g/mol. The van der Waals surface area contributed by atoms with Gasteiger partial charge in [0.1, 0.15) is 5.69 Å². The third-order valence-corrected chi connectivity index (χ3v) is 4.27. The Labute approximate surface area is 145 Å². The van der Waals surface area contributed by atoms with Crippen LogP contribution >= 0.6 is 0 Å². The summed E-state index contributed by atoms with van der Waals surface area (Å²) in [6.45, 7) is 4.46. The van der Waals surface area contributed by atoms with Crippen LogP contribution in [0.3, 0.4) is 0 Å². The lowest BCUT2D eigenvalue weighted by Crippen LogP contribution is -2.47. The number of ether oxygens (including phenoxy) is 1. The van der Waals surface area contributed by atoms with Gasteiger partial charge in [-0.25, -0.2) is 9.67 Å². The Balaban J connectivity index is 1.79. The van der Waals surface area contributed by atoms with Gasteiger partial charge in [-0.2, -0.15) is 10.1 Å². The normalized spacial score (nSPS) is 14.7. The van der Waals surface area contributed by atoms with E-state index >= 15 is 0 Å². The highest BCUT2D eigenvalue weighted by atomic mass is 16.6. The summed E-state index contributed by atoms with van der Waals surface area (Å²) in [6.07, 6.45) is 2.19. The smallest absolute Gasteiger partial charge is 0.334 e. The van der Waals surface area contributed by atoms with Gasteiger partial charge in [-0.3, -0.25) is 10.1 Å². The average Bonchev–Trinajstić information content (AvgIpc) is 2.98.